The van der Waals surface area contributed by atoms with E-state index < -0.39 is 34.7 Å². The van der Waals surface area contributed by atoms with Crippen LogP contribution in [0.2, 0.25) is 0 Å². The summed E-state index contributed by atoms with van der Waals surface area (Å²) in [5.41, 5.74) is -0.696. The van der Waals surface area contributed by atoms with Gasteiger partial charge >= 0.3 is 6.01 Å². The molecule has 1 aliphatic heterocycles. The molecule has 0 radical (unpaired) electrons. The number of ether oxygens (including phenoxy) is 2. The highest BCUT2D eigenvalue weighted by Gasteiger charge is 2.24. The van der Waals surface area contributed by atoms with Crippen molar-refractivity contribution in [3.8, 4) is 11.8 Å². The molecule has 1 aromatic heterocycles. The van der Waals surface area contributed by atoms with E-state index in [1.54, 1.807) is 0 Å². The van der Waals surface area contributed by atoms with Crippen molar-refractivity contribution in [1.82, 2.24) is 20.3 Å². The monoisotopic (exact) mass is 411 g/mol. The largest absolute Gasteiger partial charge is 0.491 e. The Balaban J connectivity index is 1.79. The molecule has 1 fully saturated rings. The van der Waals surface area contributed by atoms with E-state index in [1.165, 1.54) is 7.11 Å². The Labute approximate surface area is 165 Å². The second-order valence-electron chi connectivity index (χ2n) is 6.34. The summed E-state index contributed by atoms with van der Waals surface area (Å²) in [5.74, 6) is -5.55. The van der Waals surface area contributed by atoms with Gasteiger partial charge in [0.15, 0.2) is 23.2 Å². The Morgan fingerprint density at radius 3 is 2.45 bits per heavy atom. The molecule has 156 valence electrons. The number of piperidine rings is 1. The Kier molecular flexibility index (Phi) is 6.35. The number of nitrogens with zero attached hydrogens (tertiary/aromatic N) is 4. The first kappa shape index (κ1) is 20.6. The second kappa shape index (κ2) is 8.93. The third kappa shape index (κ3) is 4.49. The summed E-state index contributed by atoms with van der Waals surface area (Å²) in [6, 6.07) is 0.542. The SMILES string of the molecule is COc1nc(CNC(=O)c2cc(F)c(F)c(OC)c2F)nc(N2CCCCC2)n1. The van der Waals surface area contributed by atoms with Crippen molar-refractivity contribution in [2.45, 2.75) is 25.8 Å². The zero-order valence-corrected chi connectivity index (χ0v) is 16.0. The molecule has 0 bridgehead atoms. The molecule has 29 heavy (non-hydrogen) atoms. The van der Waals surface area contributed by atoms with Gasteiger partial charge < -0.3 is 19.7 Å². The van der Waals surface area contributed by atoms with Gasteiger partial charge in [-0.05, 0) is 25.3 Å². The smallest absolute Gasteiger partial charge is 0.321 e. The molecule has 8 nitrogen and oxygen atoms in total. The second-order valence-corrected chi connectivity index (χ2v) is 6.34. The standard InChI is InChI=1S/C18H20F3N5O3/c1-28-15-13(20)10(8-11(19)14(15)21)16(27)22-9-12-23-17(25-18(24-12)29-2)26-6-4-3-5-7-26/h8H,3-7,9H2,1-2H3,(H,22,27). The maximum absolute atomic E-state index is 14.3. The van der Waals surface area contributed by atoms with Crippen molar-refractivity contribution in [3.05, 3.63) is 34.9 Å². The number of rotatable bonds is 6. The molecule has 3 rings (SSSR count). The Hall–Kier alpha value is -3.11. The van der Waals surface area contributed by atoms with Crippen molar-refractivity contribution < 1.29 is 27.4 Å². The number of amides is 1. The van der Waals surface area contributed by atoms with Crippen LogP contribution >= 0.6 is 0 Å². The molecular formula is C18H20F3N5O3. The summed E-state index contributed by atoms with van der Waals surface area (Å²) in [4.78, 5) is 26.9. The number of anilines is 1. The van der Waals surface area contributed by atoms with Crippen molar-refractivity contribution >= 4 is 11.9 Å². The third-order valence-corrected chi connectivity index (χ3v) is 4.44. The predicted molar refractivity (Wildman–Crippen MR) is 96.5 cm³/mol. The Morgan fingerprint density at radius 1 is 1.07 bits per heavy atom. The molecule has 0 spiro atoms. The summed E-state index contributed by atoms with van der Waals surface area (Å²) in [7, 11) is 2.38. The minimum Gasteiger partial charge on any atom is -0.491 e. The fourth-order valence-electron chi connectivity index (χ4n) is 2.97. The molecule has 0 atom stereocenters. The van der Waals surface area contributed by atoms with Gasteiger partial charge in [-0.25, -0.2) is 8.78 Å². The fourth-order valence-corrected chi connectivity index (χ4v) is 2.97. The minimum atomic E-state index is -1.50. The predicted octanol–water partition coefficient (Wildman–Crippen LogP) is 2.23. The molecule has 2 heterocycles. The molecule has 1 aliphatic rings. The van der Waals surface area contributed by atoms with E-state index in [2.05, 4.69) is 25.0 Å². The molecule has 1 saturated heterocycles. The zero-order valence-electron chi connectivity index (χ0n) is 16.0. The third-order valence-electron chi connectivity index (χ3n) is 4.44. The quantitative estimate of drug-likeness (QED) is 0.729. The number of hydrogen-bond donors (Lipinski definition) is 1. The number of halogens is 3. The van der Waals surface area contributed by atoms with Crippen LogP contribution in [0.1, 0.15) is 35.4 Å². The van der Waals surface area contributed by atoms with Crippen LogP contribution in [-0.2, 0) is 6.54 Å². The summed E-state index contributed by atoms with van der Waals surface area (Å²) < 4.78 is 51.0. The molecule has 2 aromatic rings. The van der Waals surface area contributed by atoms with Gasteiger partial charge in [-0.15, -0.1) is 0 Å². The van der Waals surface area contributed by atoms with Crippen LogP contribution < -0.4 is 19.7 Å². The molecule has 1 N–H and O–H groups in total. The van der Waals surface area contributed by atoms with Gasteiger partial charge in [-0.2, -0.15) is 19.3 Å². The first-order chi connectivity index (χ1) is 13.9. The van der Waals surface area contributed by atoms with Crippen molar-refractivity contribution in [2.75, 3.05) is 32.2 Å². The molecule has 0 aliphatic carbocycles. The molecule has 0 saturated carbocycles. The molecule has 0 unspecified atom stereocenters. The van der Waals surface area contributed by atoms with Gasteiger partial charge in [-0.1, -0.05) is 0 Å². The van der Waals surface area contributed by atoms with E-state index in [0.717, 1.165) is 39.5 Å². The van der Waals surface area contributed by atoms with Gasteiger partial charge in [0.1, 0.15) is 0 Å². The topological polar surface area (TPSA) is 89.5 Å². The summed E-state index contributed by atoms with van der Waals surface area (Å²) in [6.45, 7) is 1.39. The Morgan fingerprint density at radius 2 is 1.79 bits per heavy atom. The molecule has 1 amide bonds. The number of aromatic nitrogens is 3. The number of benzene rings is 1. The van der Waals surface area contributed by atoms with Crippen molar-refractivity contribution in [3.63, 3.8) is 0 Å². The summed E-state index contributed by atoms with van der Waals surface area (Å²) in [6.07, 6.45) is 3.15. The maximum Gasteiger partial charge on any atom is 0.321 e. The van der Waals surface area contributed by atoms with E-state index >= 15 is 0 Å². The van der Waals surface area contributed by atoms with Crippen LogP contribution in [-0.4, -0.2) is 48.2 Å². The highest BCUT2D eigenvalue weighted by molar-refractivity contribution is 5.94. The lowest BCUT2D eigenvalue weighted by atomic mass is 10.1. The lowest BCUT2D eigenvalue weighted by molar-refractivity contribution is 0.0944. The van der Waals surface area contributed by atoms with E-state index in [0.29, 0.717) is 12.0 Å². The van der Waals surface area contributed by atoms with Crippen LogP contribution in [0.15, 0.2) is 6.07 Å². The van der Waals surface area contributed by atoms with E-state index in [1.807, 2.05) is 4.90 Å². The maximum atomic E-state index is 14.3. The first-order valence-corrected chi connectivity index (χ1v) is 8.98. The molecule has 11 heteroatoms. The number of methoxy groups -OCH3 is 2. The fraction of sp³-hybridized carbons (Fsp3) is 0.444. The van der Waals surface area contributed by atoms with Crippen LogP contribution in [0, 0.1) is 17.5 Å². The number of carbonyl (C=O) groups excluding carboxylic acids is 1. The molecule has 1 aromatic carbocycles. The number of hydrogen-bond acceptors (Lipinski definition) is 7. The highest BCUT2D eigenvalue weighted by atomic mass is 19.2. The van der Waals surface area contributed by atoms with Crippen LogP contribution in [0.25, 0.3) is 0 Å². The lowest BCUT2D eigenvalue weighted by Gasteiger charge is -2.26. The van der Waals surface area contributed by atoms with Crippen LogP contribution in [0.4, 0.5) is 19.1 Å². The number of nitrogens with one attached hydrogen (secondary N) is 1. The number of carbonyl (C=O) groups is 1. The normalized spacial score (nSPS) is 13.9. The average Bonchev–Trinajstić information content (AvgIpc) is 2.75. The minimum absolute atomic E-state index is 0.0745. The van der Waals surface area contributed by atoms with Crippen LogP contribution in [0.5, 0.6) is 11.8 Å². The van der Waals surface area contributed by atoms with Crippen molar-refractivity contribution in [1.29, 1.82) is 0 Å². The summed E-state index contributed by atoms with van der Waals surface area (Å²) in [5, 5.41) is 2.39. The lowest BCUT2D eigenvalue weighted by Crippen LogP contribution is -2.32. The van der Waals surface area contributed by atoms with Gasteiger partial charge in [0.25, 0.3) is 5.91 Å². The van der Waals surface area contributed by atoms with E-state index in [9.17, 15) is 18.0 Å². The van der Waals surface area contributed by atoms with Gasteiger partial charge in [0.2, 0.25) is 11.8 Å². The molecular weight excluding hydrogens is 391 g/mol. The Bertz CT molecular complexity index is 907. The zero-order chi connectivity index (χ0) is 21.0. The first-order valence-electron chi connectivity index (χ1n) is 8.98. The van der Waals surface area contributed by atoms with Gasteiger partial charge in [0.05, 0.1) is 26.3 Å². The summed E-state index contributed by atoms with van der Waals surface area (Å²) >= 11 is 0. The van der Waals surface area contributed by atoms with Crippen molar-refractivity contribution in [2.24, 2.45) is 0 Å². The average molecular weight is 411 g/mol. The highest BCUT2D eigenvalue weighted by Crippen LogP contribution is 2.27. The van der Waals surface area contributed by atoms with E-state index in [-0.39, 0.29) is 18.4 Å². The van der Waals surface area contributed by atoms with E-state index in [4.69, 9.17) is 4.74 Å². The van der Waals surface area contributed by atoms with Gasteiger partial charge in [-0.3, -0.25) is 4.79 Å². The van der Waals surface area contributed by atoms with Gasteiger partial charge in [0, 0.05) is 13.1 Å². The van der Waals surface area contributed by atoms with Crippen LogP contribution in [0.3, 0.4) is 0 Å².